The Kier molecular flexibility index (Phi) is 8.17. The summed E-state index contributed by atoms with van der Waals surface area (Å²) in [6.07, 6.45) is 0.610. The predicted molar refractivity (Wildman–Crippen MR) is 123 cm³/mol. The Hall–Kier alpha value is -2.74. The van der Waals surface area contributed by atoms with Gasteiger partial charge < -0.3 is 20.9 Å². The van der Waals surface area contributed by atoms with Crippen LogP contribution in [-0.2, 0) is 13.0 Å². The Morgan fingerprint density at radius 3 is 2.48 bits per heavy atom. The number of aliphatic hydroxyl groups excluding tert-OH is 1. The van der Waals surface area contributed by atoms with E-state index in [2.05, 4.69) is 10.3 Å². The minimum atomic E-state index is -0.304. The van der Waals surface area contributed by atoms with Gasteiger partial charge >= 0.3 is 0 Å². The summed E-state index contributed by atoms with van der Waals surface area (Å²) in [7, 11) is 0. The lowest BCUT2D eigenvalue weighted by Crippen LogP contribution is -2.41. The number of nitrogens with two attached hydrogens (primary N) is 1. The normalized spacial score (nSPS) is 13.1. The van der Waals surface area contributed by atoms with Gasteiger partial charge in [-0.05, 0) is 35.6 Å². The number of thiazole rings is 1. The van der Waals surface area contributed by atoms with Crippen LogP contribution >= 0.6 is 11.3 Å². The number of aromatic nitrogens is 1. The van der Waals surface area contributed by atoms with Crippen molar-refractivity contribution in [3.63, 3.8) is 0 Å². The van der Waals surface area contributed by atoms with Crippen molar-refractivity contribution in [3.8, 4) is 5.75 Å². The number of amides is 1. The van der Waals surface area contributed by atoms with Gasteiger partial charge in [-0.3, -0.25) is 4.79 Å². The van der Waals surface area contributed by atoms with Crippen LogP contribution in [-0.4, -0.2) is 28.6 Å². The van der Waals surface area contributed by atoms with Gasteiger partial charge in [0, 0.05) is 5.38 Å². The molecule has 1 heterocycles. The number of rotatable bonds is 10. The lowest BCUT2D eigenvalue weighted by molar-refractivity contribution is 0.0892. The summed E-state index contributed by atoms with van der Waals surface area (Å²) < 4.78 is 5.82. The maximum Gasteiger partial charge on any atom is 0.271 e. The van der Waals surface area contributed by atoms with E-state index in [1.807, 2.05) is 68.4 Å². The Morgan fingerprint density at radius 2 is 1.84 bits per heavy atom. The van der Waals surface area contributed by atoms with Crippen molar-refractivity contribution < 1.29 is 14.6 Å². The largest absolute Gasteiger partial charge is 0.489 e. The second-order valence-electron chi connectivity index (χ2n) is 7.81. The molecule has 0 saturated heterocycles. The summed E-state index contributed by atoms with van der Waals surface area (Å²) in [5, 5.41) is 14.6. The van der Waals surface area contributed by atoms with Crippen LogP contribution in [0.25, 0.3) is 0 Å². The topological polar surface area (TPSA) is 97.5 Å². The van der Waals surface area contributed by atoms with Crippen LogP contribution in [0.2, 0.25) is 0 Å². The Labute approximate surface area is 187 Å². The van der Waals surface area contributed by atoms with Crippen molar-refractivity contribution in [1.29, 1.82) is 0 Å². The Morgan fingerprint density at radius 1 is 1.13 bits per heavy atom. The number of hydrogen-bond acceptors (Lipinski definition) is 6. The molecule has 0 fully saturated rings. The molecule has 0 aliphatic heterocycles. The molecule has 4 N–H and O–H groups in total. The van der Waals surface area contributed by atoms with E-state index in [4.69, 9.17) is 10.5 Å². The predicted octanol–water partition coefficient (Wildman–Crippen LogP) is 3.71. The minimum absolute atomic E-state index is 0.106. The second-order valence-corrected chi connectivity index (χ2v) is 8.70. The maximum atomic E-state index is 12.4. The van der Waals surface area contributed by atoms with Crippen LogP contribution in [0.5, 0.6) is 5.75 Å². The number of aliphatic hydroxyl groups is 1. The van der Waals surface area contributed by atoms with Gasteiger partial charge in [-0.15, -0.1) is 11.3 Å². The molecule has 0 saturated carbocycles. The smallest absolute Gasteiger partial charge is 0.271 e. The summed E-state index contributed by atoms with van der Waals surface area (Å²) in [4.78, 5) is 16.8. The molecular formula is C24H29N3O3S. The zero-order valence-electron chi connectivity index (χ0n) is 17.8. The number of carbonyl (C=O) groups is 1. The van der Waals surface area contributed by atoms with Gasteiger partial charge in [0.05, 0.1) is 18.7 Å². The van der Waals surface area contributed by atoms with E-state index in [-0.39, 0.29) is 30.5 Å². The number of carbonyl (C=O) groups excluding carboxylic acids is 1. The third-order valence-electron chi connectivity index (χ3n) is 5.02. The number of nitrogens with one attached hydrogen (secondary N) is 1. The molecule has 1 aromatic heterocycles. The first-order chi connectivity index (χ1) is 15.0. The van der Waals surface area contributed by atoms with Crippen LogP contribution in [0, 0.1) is 5.92 Å². The maximum absolute atomic E-state index is 12.4. The Bertz CT molecular complexity index is 958. The quantitative estimate of drug-likeness (QED) is 0.447. The zero-order valence-corrected chi connectivity index (χ0v) is 18.6. The third kappa shape index (κ3) is 6.62. The van der Waals surface area contributed by atoms with E-state index >= 15 is 0 Å². The van der Waals surface area contributed by atoms with Gasteiger partial charge in [0.15, 0.2) is 0 Å². The lowest BCUT2D eigenvalue weighted by Gasteiger charge is -2.19. The van der Waals surface area contributed by atoms with Gasteiger partial charge in [-0.2, -0.15) is 0 Å². The number of benzene rings is 2. The average Bonchev–Trinajstić information content (AvgIpc) is 3.28. The van der Waals surface area contributed by atoms with Crippen molar-refractivity contribution in [1.82, 2.24) is 10.3 Å². The highest BCUT2D eigenvalue weighted by Gasteiger charge is 2.20. The van der Waals surface area contributed by atoms with Crippen LogP contribution in [0.4, 0.5) is 0 Å². The van der Waals surface area contributed by atoms with E-state index < -0.39 is 0 Å². The summed E-state index contributed by atoms with van der Waals surface area (Å²) in [6.45, 7) is 4.31. The molecule has 2 aromatic carbocycles. The van der Waals surface area contributed by atoms with Crippen molar-refractivity contribution >= 4 is 17.2 Å². The van der Waals surface area contributed by atoms with Crippen molar-refractivity contribution in [3.05, 3.63) is 81.8 Å². The first-order valence-electron chi connectivity index (χ1n) is 10.3. The molecule has 164 valence electrons. The van der Waals surface area contributed by atoms with E-state index in [0.29, 0.717) is 23.7 Å². The summed E-state index contributed by atoms with van der Waals surface area (Å²) >= 11 is 1.37. The molecule has 2 atom stereocenters. The first-order valence-corrected chi connectivity index (χ1v) is 11.2. The van der Waals surface area contributed by atoms with Crippen molar-refractivity contribution in [2.75, 3.05) is 6.61 Å². The highest BCUT2D eigenvalue weighted by atomic mass is 32.1. The SMILES string of the molecule is CC(C)C(CO)NC(=O)c1csc(C(N)Cc2ccc(OCc3ccccc3)cc2)n1. The fourth-order valence-corrected chi connectivity index (χ4v) is 3.83. The first kappa shape index (κ1) is 22.9. The Balaban J connectivity index is 1.54. The van der Waals surface area contributed by atoms with Gasteiger partial charge in [0.1, 0.15) is 23.1 Å². The van der Waals surface area contributed by atoms with Crippen molar-refractivity contribution in [2.24, 2.45) is 11.7 Å². The molecule has 0 aliphatic rings. The van der Waals surface area contributed by atoms with Gasteiger partial charge in [-0.25, -0.2) is 4.98 Å². The molecule has 0 bridgehead atoms. The van der Waals surface area contributed by atoms with Crippen LogP contribution in [0.3, 0.4) is 0 Å². The van der Waals surface area contributed by atoms with E-state index in [1.165, 1.54) is 11.3 Å². The van der Waals surface area contributed by atoms with E-state index in [0.717, 1.165) is 16.9 Å². The summed E-state index contributed by atoms with van der Waals surface area (Å²) in [5.74, 6) is 0.647. The zero-order chi connectivity index (χ0) is 22.2. The standard InChI is InChI=1S/C24H29N3O3S/c1-16(2)21(13-28)26-23(29)22-15-31-24(27-22)20(25)12-17-8-10-19(11-9-17)30-14-18-6-4-3-5-7-18/h3-11,15-16,20-21,28H,12-14,25H2,1-2H3,(H,26,29). The molecule has 1 amide bonds. The van der Waals surface area contributed by atoms with Crippen molar-refractivity contribution in [2.45, 2.75) is 39.0 Å². The molecule has 31 heavy (non-hydrogen) atoms. The fraction of sp³-hybridized carbons (Fsp3) is 0.333. The number of hydrogen-bond donors (Lipinski definition) is 3. The van der Waals surface area contributed by atoms with Gasteiger partial charge in [0.25, 0.3) is 5.91 Å². The fourth-order valence-electron chi connectivity index (χ4n) is 3.03. The van der Waals surface area contributed by atoms with Crippen LogP contribution in [0.1, 0.15) is 46.5 Å². The highest BCUT2D eigenvalue weighted by Crippen LogP contribution is 2.22. The molecule has 0 radical (unpaired) electrons. The van der Waals surface area contributed by atoms with E-state index in [9.17, 15) is 9.90 Å². The highest BCUT2D eigenvalue weighted by molar-refractivity contribution is 7.09. The average molecular weight is 440 g/mol. The minimum Gasteiger partial charge on any atom is -0.489 e. The molecule has 0 spiro atoms. The molecule has 0 aliphatic carbocycles. The number of ether oxygens (including phenoxy) is 1. The van der Waals surface area contributed by atoms with Gasteiger partial charge in [0.2, 0.25) is 0 Å². The monoisotopic (exact) mass is 439 g/mol. The number of nitrogens with zero attached hydrogens (tertiary/aromatic N) is 1. The summed E-state index contributed by atoms with van der Waals surface area (Å²) in [6, 6.07) is 17.3. The molecule has 2 unspecified atom stereocenters. The molecule has 6 nitrogen and oxygen atoms in total. The molecule has 3 aromatic rings. The third-order valence-corrected chi connectivity index (χ3v) is 5.99. The van der Waals surface area contributed by atoms with Crippen LogP contribution in [0.15, 0.2) is 60.0 Å². The molecule has 3 rings (SSSR count). The molecular weight excluding hydrogens is 410 g/mol. The van der Waals surface area contributed by atoms with Crippen LogP contribution < -0.4 is 15.8 Å². The van der Waals surface area contributed by atoms with Gasteiger partial charge in [-0.1, -0.05) is 56.3 Å². The second kappa shape index (κ2) is 11.0. The van der Waals surface area contributed by atoms with E-state index in [1.54, 1.807) is 5.38 Å². The molecule has 7 heteroatoms. The summed E-state index contributed by atoms with van der Waals surface area (Å²) in [5.41, 5.74) is 8.86. The lowest BCUT2D eigenvalue weighted by atomic mass is 10.1.